The molecule has 0 bridgehead atoms. The Kier molecular flexibility index (Phi) is 5.10. The van der Waals surface area contributed by atoms with Crippen LogP contribution in [0.5, 0.6) is 5.75 Å². The van der Waals surface area contributed by atoms with Crippen LogP contribution in [-0.4, -0.2) is 46.0 Å². The van der Waals surface area contributed by atoms with Crippen LogP contribution in [0.25, 0.3) is 0 Å². The van der Waals surface area contributed by atoms with Crippen molar-refractivity contribution in [3.63, 3.8) is 0 Å². The highest BCUT2D eigenvalue weighted by molar-refractivity contribution is 5.79. The molecule has 1 saturated heterocycles. The van der Waals surface area contributed by atoms with E-state index in [-0.39, 0.29) is 18.1 Å². The van der Waals surface area contributed by atoms with E-state index in [9.17, 15) is 4.79 Å². The first-order valence-corrected chi connectivity index (χ1v) is 8.12. The van der Waals surface area contributed by atoms with Gasteiger partial charge < -0.3 is 14.8 Å². The first kappa shape index (κ1) is 16.4. The summed E-state index contributed by atoms with van der Waals surface area (Å²) in [5.41, 5.74) is 1.80. The molecule has 3 rings (SSSR count). The lowest BCUT2D eigenvalue weighted by Gasteiger charge is -2.19. The molecule has 128 valence electrons. The molecule has 7 heteroatoms. The molecule has 2 aromatic heterocycles. The maximum atomic E-state index is 12.3. The number of hydrogen-bond acceptors (Lipinski definition) is 5. The number of pyridine rings is 1. The first-order valence-electron chi connectivity index (χ1n) is 8.12. The second kappa shape index (κ2) is 7.44. The molecule has 1 aliphatic heterocycles. The van der Waals surface area contributed by atoms with Gasteiger partial charge in [0, 0.05) is 18.4 Å². The summed E-state index contributed by atoms with van der Waals surface area (Å²) in [4.78, 5) is 16.5. The summed E-state index contributed by atoms with van der Waals surface area (Å²) in [6.07, 6.45) is 5.34. The number of nitrogens with one attached hydrogen (secondary N) is 1. The van der Waals surface area contributed by atoms with Crippen molar-refractivity contribution in [1.82, 2.24) is 20.1 Å². The van der Waals surface area contributed by atoms with Gasteiger partial charge >= 0.3 is 0 Å². The number of rotatable bonds is 6. The van der Waals surface area contributed by atoms with E-state index in [1.807, 2.05) is 32.2 Å². The Hall–Kier alpha value is -2.41. The third kappa shape index (κ3) is 3.91. The van der Waals surface area contributed by atoms with Crippen molar-refractivity contribution >= 4 is 5.91 Å². The van der Waals surface area contributed by atoms with Crippen molar-refractivity contribution in [2.24, 2.45) is 0 Å². The van der Waals surface area contributed by atoms with Gasteiger partial charge in [0.25, 0.3) is 0 Å². The van der Waals surface area contributed by atoms with E-state index in [1.54, 1.807) is 17.1 Å². The van der Waals surface area contributed by atoms with Gasteiger partial charge in [-0.25, -0.2) is 0 Å². The lowest BCUT2D eigenvalue weighted by Crippen LogP contribution is -2.45. The van der Waals surface area contributed by atoms with Crippen LogP contribution >= 0.6 is 0 Å². The van der Waals surface area contributed by atoms with Crippen LogP contribution in [0.15, 0.2) is 30.7 Å². The van der Waals surface area contributed by atoms with Crippen LogP contribution in [0.4, 0.5) is 0 Å². The molecule has 7 nitrogen and oxygen atoms in total. The average molecular weight is 330 g/mol. The third-order valence-electron chi connectivity index (χ3n) is 4.06. The van der Waals surface area contributed by atoms with Crippen LogP contribution in [0, 0.1) is 6.92 Å². The summed E-state index contributed by atoms with van der Waals surface area (Å²) in [7, 11) is 0. The van der Waals surface area contributed by atoms with Crippen molar-refractivity contribution in [3.05, 3.63) is 42.0 Å². The molecule has 1 amide bonds. The van der Waals surface area contributed by atoms with E-state index in [0.717, 1.165) is 17.8 Å². The summed E-state index contributed by atoms with van der Waals surface area (Å²) in [6, 6.07) is 3.59. The van der Waals surface area contributed by atoms with Crippen LogP contribution in [0.2, 0.25) is 0 Å². The van der Waals surface area contributed by atoms with Crippen LogP contribution in [0.1, 0.15) is 18.2 Å². The molecule has 0 aromatic carbocycles. The Morgan fingerprint density at radius 2 is 2.38 bits per heavy atom. The SMILES string of the molecule is CCn1cc(O[C@@H]2COC[C@@H]2NC(=O)Cc2cccnc2C)cn1. The van der Waals surface area contributed by atoms with Crippen molar-refractivity contribution in [1.29, 1.82) is 0 Å². The largest absolute Gasteiger partial charge is 0.482 e. The Morgan fingerprint density at radius 3 is 3.12 bits per heavy atom. The lowest BCUT2D eigenvalue weighted by molar-refractivity contribution is -0.121. The molecule has 24 heavy (non-hydrogen) atoms. The summed E-state index contributed by atoms with van der Waals surface area (Å²) < 4.78 is 13.2. The summed E-state index contributed by atoms with van der Waals surface area (Å²) >= 11 is 0. The molecule has 1 N–H and O–H groups in total. The van der Waals surface area contributed by atoms with Gasteiger partial charge in [-0.3, -0.25) is 14.5 Å². The highest BCUT2D eigenvalue weighted by atomic mass is 16.5. The molecule has 0 spiro atoms. The van der Waals surface area contributed by atoms with Crippen LogP contribution in [0.3, 0.4) is 0 Å². The second-order valence-electron chi connectivity index (χ2n) is 5.82. The fraction of sp³-hybridized carbons (Fsp3) is 0.471. The minimum absolute atomic E-state index is 0.0561. The van der Waals surface area contributed by atoms with E-state index in [2.05, 4.69) is 15.4 Å². The smallest absolute Gasteiger partial charge is 0.224 e. The van der Waals surface area contributed by atoms with Gasteiger partial charge in [0.15, 0.2) is 5.75 Å². The predicted molar refractivity (Wildman–Crippen MR) is 87.7 cm³/mol. The zero-order chi connectivity index (χ0) is 16.9. The van der Waals surface area contributed by atoms with Gasteiger partial charge in [-0.05, 0) is 25.5 Å². The first-order chi connectivity index (χ1) is 11.7. The molecule has 1 aliphatic rings. The average Bonchev–Trinajstić information content (AvgIpc) is 3.20. The molecule has 1 fully saturated rings. The van der Waals surface area contributed by atoms with Gasteiger partial charge in [0.1, 0.15) is 6.10 Å². The quantitative estimate of drug-likeness (QED) is 0.858. The van der Waals surface area contributed by atoms with Gasteiger partial charge in [0.2, 0.25) is 5.91 Å². The van der Waals surface area contributed by atoms with Gasteiger partial charge in [0.05, 0.1) is 38.1 Å². The molecule has 0 aliphatic carbocycles. The fourth-order valence-electron chi connectivity index (χ4n) is 2.67. The van der Waals surface area contributed by atoms with E-state index in [0.29, 0.717) is 25.4 Å². The Labute approximate surface area is 141 Å². The topological polar surface area (TPSA) is 78.3 Å². The molecular formula is C17H22N4O3. The summed E-state index contributed by atoms with van der Waals surface area (Å²) in [5, 5.41) is 7.19. The molecule has 2 atom stereocenters. The Morgan fingerprint density at radius 1 is 1.50 bits per heavy atom. The number of carbonyl (C=O) groups excluding carboxylic acids is 1. The zero-order valence-corrected chi connectivity index (χ0v) is 13.9. The number of carbonyl (C=O) groups is 1. The summed E-state index contributed by atoms with van der Waals surface area (Å²) in [6.45, 7) is 5.60. The van der Waals surface area contributed by atoms with E-state index < -0.39 is 0 Å². The lowest BCUT2D eigenvalue weighted by atomic mass is 10.1. The minimum atomic E-state index is -0.210. The van der Waals surface area contributed by atoms with Crippen molar-refractivity contribution in [3.8, 4) is 5.75 Å². The van der Waals surface area contributed by atoms with Crippen LogP contribution < -0.4 is 10.1 Å². The van der Waals surface area contributed by atoms with Crippen molar-refractivity contribution in [2.45, 2.75) is 39.0 Å². The second-order valence-corrected chi connectivity index (χ2v) is 5.82. The number of amides is 1. The number of ether oxygens (including phenoxy) is 2. The molecule has 0 saturated carbocycles. The monoisotopic (exact) mass is 330 g/mol. The normalized spacial score (nSPS) is 20.1. The fourth-order valence-corrected chi connectivity index (χ4v) is 2.67. The number of hydrogen-bond donors (Lipinski definition) is 1. The molecule has 2 aromatic rings. The van der Waals surface area contributed by atoms with E-state index in [4.69, 9.17) is 9.47 Å². The van der Waals surface area contributed by atoms with E-state index >= 15 is 0 Å². The number of nitrogens with zero attached hydrogens (tertiary/aromatic N) is 3. The van der Waals surface area contributed by atoms with Gasteiger partial charge in [-0.1, -0.05) is 6.07 Å². The molecule has 0 unspecified atom stereocenters. The standard InChI is InChI=1S/C17H22N4O3/c1-3-21-9-14(8-19-21)24-16-11-23-10-15(16)20-17(22)7-13-5-4-6-18-12(13)2/h4-6,8-9,15-16H,3,7,10-11H2,1-2H3,(H,20,22)/t15-,16+/m0/s1. The van der Waals surface area contributed by atoms with Crippen molar-refractivity contribution < 1.29 is 14.3 Å². The van der Waals surface area contributed by atoms with Crippen LogP contribution in [-0.2, 0) is 22.5 Å². The molecule has 0 radical (unpaired) electrons. The highest BCUT2D eigenvalue weighted by Gasteiger charge is 2.31. The zero-order valence-electron chi connectivity index (χ0n) is 13.9. The Balaban J connectivity index is 1.57. The van der Waals surface area contributed by atoms with E-state index in [1.165, 1.54) is 0 Å². The van der Waals surface area contributed by atoms with Crippen molar-refractivity contribution in [2.75, 3.05) is 13.2 Å². The van der Waals surface area contributed by atoms with Gasteiger partial charge in [-0.2, -0.15) is 5.10 Å². The number of aryl methyl sites for hydroxylation is 2. The Bertz CT molecular complexity index is 701. The predicted octanol–water partition coefficient (Wildman–Crippen LogP) is 1.11. The maximum absolute atomic E-state index is 12.3. The number of aromatic nitrogens is 3. The third-order valence-corrected chi connectivity index (χ3v) is 4.06. The maximum Gasteiger partial charge on any atom is 0.224 e. The molecular weight excluding hydrogens is 308 g/mol. The van der Waals surface area contributed by atoms with Gasteiger partial charge in [-0.15, -0.1) is 0 Å². The summed E-state index contributed by atoms with van der Waals surface area (Å²) in [5.74, 6) is 0.633. The molecule has 3 heterocycles. The minimum Gasteiger partial charge on any atom is -0.482 e. The highest BCUT2D eigenvalue weighted by Crippen LogP contribution is 2.17.